The molecule has 7 heavy (non-hydrogen) atoms. The number of rotatable bonds is 0. The van der Waals surface area contributed by atoms with Gasteiger partial charge >= 0.3 is 75.3 Å². The zero-order valence-electron chi connectivity index (χ0n) is 4.84. The summed E-state index contributed by atoms with van der Waals surface area (Å²) >= 11 is 0. The van der Waals surface area contributed by atoms with E-state index >= 15 is 0 Å². The Bertz CT molecular complexity index is 16.0. The largest absolute Gasteiger partial charge is 0 e. The summed E-state index contributed by atoms with van der Waals surface area (Å²) in [6.45, 7) is 0. The SMILES string of the molecule is F.F.F.F.[H-].[K+].[SnH2].[Zr]. The van der Waals surface area contributed by atoms with Gasteiger partial charge in [0.05, 0.1) is 0 Å². The molecule has 0 atom stereocenters. The Balaban J connectivity index is 0. The monoisotopic (exact) mass is 332 g/mol. The summed E-state index contributed by atoms with van der Waals surface area (Å²) in [6, 6.07) is 0. The molecule has 0 aliphatic heterocycles. The second-order valence-corrected chi connectivity index (χ2v) is 0. The summed E-state index contributed by atoms with van der Waals surface area (Å²) in [7, 11) is 0. The van der Waals surface area contributed by atoms with Crippen LogP contribution in [0.4, 0.5) is 18.8 Å². The van der Waals surface area contributed by atoms with Gasteiger partial charge in [-0.15, -0.1) is 0 Å². The van der Waals surface area contributed by atoms with E-state index < -0.39 is 0 Å². The molecule has 0 heterocycles. The third-order valence-electron chi connectivity index (χ3n) is 0. The molecule has 0 saturated carbocycles. The van der Waals surface area contributed by atoms with Gasteiger partial charge in [-0.3, -0.25) is 18.8 Å². The molecular weight excluding hydrogens is 325 g/mol. The van der Waals surface area contributed by atoms with E-state index in [9.17, 15) is 0 Å². The average Bonchev–Trinajstić information content (AvgIpc) is 0. The summed E-state index contributed by atoms with van der Waals surface area (Å²) in [4.78, 5) is 0. The third-order valence-corrected chi connectivity index (χ3v) is 0. The Morgan fingerprint density at radius 1 is 0.714 bits per heavy atom. The number of halogens is 4. The maximum atomic E-state index is 0. The van der Waals surface area contributed by atoms with E-state index in [-0.39, 0.29) is 122 Å². The molecule has 7 heteroatoms. The van der Waals surface area contributed by atoms with Crippen LogP contribution >= 0.6 is 0 Å². The molecule has 0 aliphatic carbocycles. The molecule has 0 nitrogen and oxygen atoms in total. The van der Waals surface area contributed by atoms with Crippen molar-refractivity contribution in [3.63, 3.8) is 0 Å². The second-order valence-electron chi connectivity index (χ2n) is 0. The molecule has 2 radical (unpaired) electrons. The maximum absolute atomic E-state index is 0. The van der Waals surface area contributed by atoms with Gasteiger partial charge in [0.2, 0.25) is 0 Å². The third kappa shape index (κ3) is 48.5. The second kappa shape index (κ2) is 63.3. The van der Waals surface area contributed by atoms with Crippen molar-refractivity contribution in [3.8, 4) is 0 Å². The minimum Gasteiger partial charge on any atom is 0 e. The van der Waals surface area contributed by atoms with Crippen LogP contribution in [0.2, 0.25) is 0 Å². The fraction of sp³-hybridized carbons (Fsp3) is 0. The van der Waals surface area contributed by atoms with Gasteiger partial charge in [-0.2, -0.15) is 0 Å². The van der Waals surface area contributed by atoms with E-state index in [0.29, 0.717) is 0 Å². The van der Waals surface area contributed by atoms with Crippen LogP contribution in [0.5, 0.6) is 0 Å². The van der Waals surface area contributed by atoms with Crippen molar-refractivity contribution in [2.24, 2.45) is 0 Å². The Morgan fingerprint density at radius 3 is 0.714 bits per heavy atom. The van der Waals surface area contributed by atoms with Crippen LogP contribution in [0.1, 0.15) is 1.43 Å². The molecular formula is H7F4KSnZr. The zero-order valence-corrected chi connectivity index (χ0v) is 13.5. The minimum absolute atomic E-state index is 0. The van der Waals surface area contributed by atoms with Gasteiger partial charge in [0.1, 0.15) is 0 Å². The fourth-order valence-corrected chi connectivity index (χ4v) is 0. The van der Waals surface area contributed by atoms with Gasteiger partial charge in [-0.25, -0.2) is 0 Å². The molecule has 0 aromatic heterocycles. The molecule has 0 aliphatic rings. The van der Waals surface area contributed by atoms with Crippen molar-refractivity contribution < 1.29 is 97.8 Å². The van der Waals surface area contributed by atoms with Crippen molar-refractivity contribution in [1.82, 2.24) is 0 Å². The van der Waals surface area contributed by atoms with Gasteiger partial charge in [0.25, 0.3) is 0 Å². The normalized spacial score (nSPS) is 0. The summed E-state index contributed by atoms with van der Waals surface area (Å²) in [5.41, 5.74) is 0. The van der Waals surface area contributed by atoms with Crippen LogP contribution < -0.4 is 51.4 Å². The molecule has 0 spiro atoms. The van der Waals surface area contributed by atoms with E-state index in [4.69, 9.17) is 0 Å². The summed E-state index contributed by atoms with van der Waals surface area (Å²) in [6.07, 6.45) is 0. The molecule has 0 aromatic carbocycles. The smallest absolute Gasteiger partial charge is 0 e. The van der Waals surface area contributed by atoms with Crippen molar-refractivity contribution in [3.05, 3.63) is 0 Å². The van der Waals surface area contributed by atoms with Gasteiger partial charge in [0, 0.05) is 26.2 Å². The quantitative estimate of drug-likeness (QED) is 0.324. The minimum atomic E-state index is 0. The Labute approximate surface area is 119 Å². The first-order valence-corrected chi connectivity index (χ1v) is 0. The fourth-order valence-electron chi connectivity index (χ4n) is 0. The standard InChI is InChI=1S/4FH.K.Sn.Zr.3H/h4*1H;;;;;;/q;;;;+1;;;;;-1. The van der Waals surface area contributed by atoms with Crippen molar-refractivity contribution in [2.45, 2.75) is 0 Å². The summed E-state index contributed by atoms with van der Waals surface area (Å²) in [5.74, 6) is 0. The van der Waals surface area contributed by atoms with Crippen molar-refractivity contribution in [2.75, 3.05) is 0 Å². The van der Waals surface area contributed by atoms with Crippen molar-refractivity contribution >= 4 is 23.9 Å². The number of hydrogen-bond donors (Lipinski definition) is 0. The first kappa shape index (κ1) is 88.8. The first-order chi connectivity index (χ1) is 0. The predicted molar refractivity (Wildman–Crippen MR) is 19.7 cm³/mol. The van der Waals surface area contributed by atoms with E-state index in [1.807, 2.05) is 0 Å². The molecule has 0 saturated heterocycles. The number of hydrogen-bond acceptors (Lipinski definition) is 0. The molecule has 44 valence electrons. The summed E-state index contributed by atoms with van der Waals surface area (Å²) in [5, 5.41) is 0. The van der Waals surface area contributed by atoms with Gasteiger partial charge in [-0.1, -0.05) is 0 Å². The maximum Gasteiger partial charge on any atom is 0 e. The van der Waals surface area contributed by atoms with Crippen LogP contribution in [0.15, 0.2) is 0 Å². The molecule has 0 rings (SSSR count). The van der Waals surface area contributed by atoms with Crippen LogP contribution in [0, 0.1) is 0 Å². The van der Waals surface area contributed by atoms with Crippen LogP contribution in [0.25, 0.3) is 0 Å². The first-order valence-electron chi connectivity index (χ1n) is 0. The molecule has 0 N–H and O–H groups in total. The zero-order chi connectivity index (χ0) is 0. The molecule has 0 fully saturated rings. The van der Waals surface area contributed by atoms with Crippen LogP contribution in [-0.2, 0) is 26.2 Å². The molecule has 0 amide bonds. The topological polar surface area (TPSA) is 0 Å². The molecule has 0 unspecified atom stereocenters. The molecule has 0 aromatic rings. The summed E-state index contributed by atoms with van der Waals surface area (Å²) < 4.78 is 0. The van der Waals surface area contributed by atoms with Gasteiger partial charge in [0.15, 0.2) is 0 Å². The average molecular weight is 332 g/mol. The Kier molecular flexibility index (Phi) is 803. The van der Waals surface area contributed by atoms with E-state index in [1.165, 1.54) is 0 Å². The van der Waals surface area contributed by atoms with Crippen LogP contribution in [0.3, 0.4) is 0 Å². The van der Waals surface area contributed by atoms with Crippen LogP contribution in [-0.4, -0.2) is 23.9 Å². The van der Waals surface area contributed by atoms with Gasteiger partial charge < -0.3 is 1.43 Å². The van der Waals surface area contributed by atoms with E-state index in [0.717, 1.165) is 0 Å². The molecule has 0 bridgehead atoms. The van der Waals surface area contributed by atoms with E-state index in [2.05, 4.69) is 0 Å². The van der Waals surface area contributed by atoms with Gasteiger partial charge in [-0.05, 0) is 0 Å². The Hall–Kier alpha value is 3.04. The van der Waals surface area contributed by atoms with Crippen molar-refractivity contribution in [1.29, 1.82) is 0 Å². The predicted octanol–water partition coefficient (Wildman–Crippen LogP) is -3.19. The van der Waals surface area contributed by atoms with E-state index in [1.54, 1.807) is 0 Å². The Morgan fingerprint density at radius 2 is 0.714 bits per heavy atom.